The zero-order valence-corrected chi connectivity index (χ0v) is 20.8. The number of halogens is 1. The van der Waals surface area contributed by atoms with Crippen LogP contribution in [0.4, 0.5) is 10.1 Å². The molecule has 2 heterocycles. The molecule has 4 rings (SSSR count). The van der Waals surface area contributed by atoms with E-state index in [9.17, 15) is 5.26 Å². The largest absolute Gasteiger partial charge is 0.371 e. The number of anilines is 1. The maximum atomic E-state index is 16.0. The van der Waals surface area contributed by atoms with Crippen molar-refractivity contribution in [3.05, 3.63) is 69.0 Å². The van der Waals surface area contributed by atoms with Crippen molar-refractivity contribution in [2.45, 2.75) is 78.1 Å². The Morgan fingerprint density at radius 1 is 1.09 bits per heavy atom. The lowest BCUT2D eigenvalue weighted by molar-refractivity contribution is 0.354. The highest BCUT2D eigenvalue weighted by atomic mass is 19.1. The zero-order valence-electron chi connectivity index (χ0n) is 20.8. The van der Waals surface area contributed by atoms with Gasteiger partial charge in [-0.25, -0.2) is 14.5 Å². The third kappa shape index (κ3) is 4.13. The van der Waals surface area contributed by atoms with Gasteiger partial charge < -0.3 is 4.90 Å². The van der Waals surface area contributed by atoms with Crippen LogP contribution in [0.25, 0.3) is 10.9 Å². The third-order valence-corrected chi connectivity index (χ3v) is 7.71. The fraction of sp³-hybridized carbons (Fsp3) is 0.517. The molecule has 172 valence electrons. The summed E-state index contributed by atoms with van der Waals surface area (Å²) in [5.74, 6) is -0.109. The predicted molar refractivity (Wildman–Crippen MR) is 133 cm³/mol. The third-order valence-electron chi connectivity index (χ3n) is 7.71. The molecule has 1 aliphatic carbocycles. The second-order valence-corrected chi connectivity index (χ2v) is 12.0. The molecule has 0 saturated carbocycles. The van der Waals surface area contributed by atoms with Gasteiger partial charge in [0.15, 0.2) is 0 Å². The number of hydrogen-bond acceptors (Lipinski definition) is 2. The minimum absolute atomic E-state index is 0.00360. The standard InChI is InChI=1S/C29H34FN3/c1-27(2)16-19(14-21(17-27)23(18-31)32-7)8-9-20-15-22-26-24(25(20)30)29(5,6)11-13-33(26)12-10-28(22,3)4/h8-9,14-15H,10-13,16-17H2,1-6H3/b9-8+,23-21-. The molecule has 1 aromatic carbocycles. The highest BCUT2D eigenvalue weighted by molar-refractivity contribution is 5.73. The Bertz CT molecular complexity index is 1160. The Morgan fingerprint density at radius 3 is 2.39 bits per heavy atom. The van der Waals surface area contributed by atoms with Gasteiger partial charge in [-0.15, -0.1) is 0 Å². The van der Waals surface area contributed by atoms with Crippen LogP contribution in [-0.2, 0) is 10.8 Å². The SMILES string of the molecule is [C-]#[N+]/C(C#N)=C1C=C(/C=C/c2cc3c4c(c2F)C(C)(C)CCN4CCC3(C)C)CC(C)(C)C/1. The van der Waals surface area contributed by atoms with E-state index in [4.69, 9.17) is 6.57 Å². The lowest BCUT2D eigenvalue weighted by atomic mass is 9.69. The van der Waals surface area contributed by atoms with Crippen molar-refractivity contribution in [2.24, 2.45) is 5.41 Å². The van der Waals surface area contributed by atoms with Crippen molar-refractivity contribution in [3.8, 4) is 6.07 Å². The first kappa shape index (κ1) is 23.3. The number of hydrogen-bond donors (Lipinski definition) is 0. The zero-order chi connectivity index (χ0) is 24.2. The first-order valence-corrected chi connectivity index (χ1v) is 11.9. The highest BCUT2D eigenvalue weighted by Crippen LogP contribution is 2.51. The molecule has 33 heavy (non-hydrogen) atoms. The van der Waals surface area contributed by atoms with Crippen molar-refractivity contribution in [3.63, 3.8) is 0 Å². The molecule has 0 radical (unpaired) electrons. The number of benzene rings is 1. The van der Waals surface area contributed by atoms with E-state index >= 15 is 4.39 Å². The molecule has 4 heteroatoms. The minimum Gasteiger partial charge on any atom is -0.371 e. The highest BCUT2D eigenvalue weighted by Gasteiger charge is 2.42. The number of rotatable bonds is 2. The first-order valence-electron chi connectivity index (χ1n) is 11.9. The van der Waals surface area contributed by atoms with E-state index in [1.54, 1.807) is 0 Å². The van der Waals surface area contributed by atoms with Gasteiger partial charge in [0.25, 0.3) is 5.70 Å². The molecule has 0 atom stereocenters. The van der Waals surface area contributed by atoms with Gasteiger partial charge in [0.05, 0.1) is 12.6 Å². The van der Waals surface area contributed by atoms with Gasteiger partial charge in [-0.3, -0.25) is 0 Å². The summed E-state index contributed by atoms with van der Waals surface area (Å²) in [4.78, 5) is 5.80. The van der Waals surface area contributed by atoms with Crippen molar-refractivity contribution >= 4 is 11.8 Å². The monoisotopic (exact) mass is 443 g/mol. The van der Waals surface area contributed by atoms with Gasteiger partial charge in [0.2, 0.25) is 0 Å². The molecule has 0 aromatic heterocycles. The van der Waals surface area contributed by atoms with Crippen LogP contribution in [0, 0.1) is 29.1 Å². The van der Waals surface area contributed by atoms with Crippen LogP contribution in [-0.4, -0.2) is 13.1 Å². The summed E-state index contributed by atoms with van der Waals surface area (Å²) < 4.78 is 16.0. The van der Waals surface area contributed by atoms with Gasteiger partial charge in [0, 0.05) is 29.9 Å². The Hall–Kier alpha value is -2.85. The molecule has 0 N–H and O–H groups in total. The van der Waals surface area contributed by atoms with E-state index in [-0.39, 0.29) is 27.8 Å². The van der Waals surface area contributed by atoms with E-state index in [2.05, 4.69) is 57.4 Å². The summed E-state index contributed by atoms with van der Waals surface area (Å²) in [5.41, 5.74) is 5.57. The minimum atomic E-state index is -0.207. The molecule has 0 unspecified atom stereocenters. The lowest BCUT2D eigenvalue weighted by Crippen LogP contribution is -2.45. The van der Waals surface area contributed by atoms with Crippen LogP contribution in [0.15, 0.2) is 35.1 Å². The van der Waals surface area contributed by atoms with Crippen molar-refractivity contribution in [1.29, 1.82) is 5.26 Å². The van der Waals surface area contributed by atoms with E-state index in [0.717, 1.165) is 54.7 Å². The summed E-state index contributed by atoms with van der Waals surface area (Å²) in [6.45, 7) is 22.5. The van der Waals surface area contributed by atoms with Crippen LogP contribution in [0.2, 0.25) is 0 Å². The van der Waals surface area contributed by atoms with Crippen molar-refractivity contribution in [2.75, 3.05) is 18.0 Å². The molecule has 3 aliphatic rings. The Labute approximate surface area is 198 Å². The number of nitrogens with zero attached hydrogens (tertiary/aromatic N) is 3. The van der Waals surface area contributed by atoms with Crippen molar-refractivity contribution < 1.29 is 4.39 Å². The first-order chi connectivity index (χ1) is 15.4. The van der Waals surface area contributed by atoms with Crippen molar-refractivity contribution in [1.82, 2.24) is 0 Å². The van der Waals surface area contributed by atoms with Crippen LogP contribution < -0.4 is 4.90 Å². The van der Waals surface area contributed by atoms with E-state index in [1.807, 2.05) is 24.3 Å². The smallest absolute Gasteiger partial charge is 0.265 e. The molecular formula is C29H34FN3. The number of allylic oxidation sites excluding steroid dienone is 5. The average Bonchev–Trinajstić information content (AvgIpc) is 2.71. The molecule has 3 nitrogen and oxygen atoms in total. The van der Waals surface area contributed by atoms with E-state index in [0.29, 0.717) is 12.0 Å². The molecule has 0 saturated heterocycles. The van der Waals surface area contributed by atoms with Gasteiger partial charge in [-0.1, -0.05) is 59.8 Å². The van der Waals surface area contributed by atoms with Gasteiger partial charge in [-0.2, -0.15) is 0 Å². The number of nitriles is 1. The molecule has 0 spiro atoms. The maximum Gasteiger partial charge on any atom is 0.265 e. The Balaban J connectivity index is 1.84. The molecule has 0 fully saturated rings. The van der Waals surface area contributed by atoms with Gasteiger partial charge in [-0.05, 0) is 64.7 Å². The second kappa shape index (κ2) is 7.88. The normalized spacial score (nSPS) is 23.9. The lowest BCUT2D eigenvalue weighted by Gasteiger charge is -2.48. The average molecular weight is 444 g/mol. The molecule has 1 aromatic rings. The topological polar surface area (TPSA) is 31.4 Å². The van der Waals surface area contributed by atoms with Crippen LogP contribution in [0.3, 0.4) is 0 Å². The Morgan fingerprint density at radius 2 is 1.76 bits per heavy atom. The predicted octanol–water partition coefficient (Wildman–Crippen LogP) is 7.45. The Kier molecular flexibility index (Phi) is 5.57. The van der Waals surface area contributed by atoms with Gasteiger partial charge in [0.1, 0.15) is 5.82 Å². The molecule has 2 aliphatic heterocycles. The molecular weight excluding hydrogens is 409 g/mol. The molecule has 0 bridgehead atoms. The summed E-state index contributed by atoms with van der Waals surface area (Å²) in [5, 5.41) is 9.35. The fourth-order valence-electron chi connectivity index (χ4n) is 5.76. The summed E-state index contributed by atoms with van der Waals surface area (Å²) in [6, 6.07) is 4.09. The van der Waals surface area contributed by atoms with Crippen LogP contribution >= 0.6 is 0 Å². The second-order valence-electron chi connectivity index (χ2n) is 12.0. The van der Waals surface area contributed by atoms with Crippen LogP contribution in [0.5, 0.6) is 0 Å². The van der Waals surface area contributed by atoms with E-state index < -0.39 is 0 Å². The van der Waals surface area contributed by atoms with E-state index in [1.165, 1.54) is 5.56 Å². The summed E-state index contributed by atoms with van der Waals surface area (Å²) in [6.07, 6.45) is 9.38. The molecule has 0 amide bonds. The van der Waals surface area contributed by atoms with Crippen LogP contribution in [0.1, 0.15) is 83.9 Å². The summed E-state index contributed by atoms with van der Waals surface area (Å²) in [7, 11) is 0. The van der Waals surface area contributed by atoms with Gasteiger partial charge >= 0.3 is 0 Å². The summed E-state index contributed by atoms with van der Waals surface area (Å²) >= 11 is 0. The fourth-order valence-corrected chi connectivity index (χ4v) is 5.76. The maximum absolute atomic E-state index is 16.0. The quantitative estimate of drug-likeness (QED) is 0.351.